The van der Waals surface area contributed by atoms with E-state index in [2.05, 4.69) is 36.5 Å². The van der Waals surface area contributed by atoms with Crippen LogP contribution in [0.4, 0.5) is 21.2 Å². The molecule has 0 radical (unpaired) electrons. The van der Waals surface area contributed by atoms with Crippen LogP contribution in [-0.2, 0) is 41.4 Å². The van der Waals surface area contributed by atoms with Crippen molar-refractivity contribution in [3.05, 3.63) is 51.8 Å². The van der Waals surface area contributed by atoms with Gasteiger partial charge in [-0.2, -0.15) is 0 Å². The molecule has 0 bridgehead atoms. The van der Waals surface area contributed by atoms with Gasteiger partial charge in [0, 0.05) is 49.1 Å². The van der Waals surface area contributed by atoms with Crippen molar-refractivity contribution in [2.45, 2.75) is 98.2 Å². The molecule has 2 fully saturated rings. The molecular formula is C39H51BrN6O8. The Balaban J connectivity index is 0.000000213. The number of fused-ring (bicyclic) bond motifs is 2. The maximum absolute atomic E-state index is 12.9. The molecule has 6 heterocycles. The predicted octanol–water partition coefficient (Wildman–Crippen LogP) is 6.53. The van der Waals surface area contributed by atoms with E-state index in [1.807, 2.05) is 53.7 Å². The number of anilines is 2. The third-order valence-electron chi connectivity index (χ3n) is 9.85. The van der Waals surface area contributed by atoms with Gasteiger partial charge in [-0.25, -0.2) is 24.4 Å². The predicted molar refractivity (Wildman–Crippen MR) is 205 cm³/mol. The van der Waals surface area contributed by atoms with Crippen molar-refractivity contribution in [3.63, 3.8) is 0 Å². The summed E-state index contributed by atoms with van der Waals surface area (Å²) >= 11 is 3.43. The van der Waals surface area contributed by atoms with Gasteiger partial charge in [0.05, 0.1) is 17.4 Å². The topological polar surface area (TPSA) is 169 Å². The van der Waals surface area contributed by atoms with E-state index in [0.717, 1.165) is 21.2 Å². The van der Waals surface area contributed by atoms with Gasteiger partial charge in [-0.1, -0.05) is 0 Å². The summed E-state index contributed by atoms with van der Waals surface area (Å²) in [6.07, 6.45) is 9.23. The van der Waals surface area contributed by atoms with E-state index in [4.69, 9.17) is 14.2 Å². The summed E-state index contributed by atoms with van der Waals surface area (Å²) in [5.41, 5.74) is 0.628. The van der Waals surface area contributed by atoms with Crippen LogP contribution in [0.5, 0.6) is 0 Å². The van der Waals surface area contributed by atoms with E-state index in [9.17, 15) is 24.0 Å². The van der Waals surface area contributed by atoms with Crippen molar-refractivity contribution in [2.24, 2.45) is 10.8 Å². The molecule has 15 heteroatoms. The van der Waals surface area contributed by atoms with E-state index in [1.54, 1.807) is 35.2 Å². The third kappa shape index (κ3) is 9.96. The Morgan fingerprint density at radius 1 is 0.778 bits per heavy atom. The maximum Gasteiger partial charge on any atom is 0.410 e. The van der Waals surface area contributed by atoms with Gasteiger partial charge in [-0.15, -0.1) is 0 Å². The van der Waals surface area contributed by atoms with Crippen molar-refractivity contribution in [2.75, 3.05) is 43.4 Å². The van der Waals surface area contributed by atoms with Gasteiger partial charge in [-0.05, 0) is 138 Å². The first-order chi connectivity index (χ1) is 25.3. The molecule has 0 saturated carbocycles. The number of aromatic nitrogens is 2. The van der Waals surface area contributed by atoms with Crippen LogP contribution in [0.15, 0.2) is 35.1 Å². The molecule has 14 nitrogen and oxygen atoms in total. The number of piperidine rings is 2. The van der Waals surface area contributed by atoms with Gasteiger partial charge in [0.1, 0.15) is 22.8 Å². The van der Waals surface area contributed by atoms with Gasteiger partial charge in [0.2, 0.25) is 11.8 Å². The lowest BCUT2D eigenvalue weighted by molar-refractivity contribution is -0.137. The van der Waals surface area contributed by atoms with Gasteiger partial charge in [0.15, 0.2) is 0 Å². The zero-order valence-corrected chi connectivity index (χ0v) is 33.8. The Morgan fingerprint density at radius 2 is 1.22 bits per heavy atom. The highest BCUT2D eigenvalue weighted by Gasteiger charge is 2.47. The Labute approximate surface area is 324 Å². The number of halogens is 1. The molecule has 2 saturated heterocycles. The second-order valence-electron chi connectivity index (χ2n) is 16.3. The molecule has 4 aliphatic rings. The third-order valence-corrected chi connectivity index (χ3v) is 10.3. The van der Waals surface area contributed by atoms with Crippen LogP contribution in [0.1, 0.15) is 90.8 Å². The van der Waals surface area contributed by atoms with Gasteiger partial charge in [-0.3, -0.25) is 9.59 Å². The number of rotatable bonds is 3. The van der Waals surface area contributed by atoms with E-state index >= 15 is 0 Å². The highest BCUT2D eigenvalue weighted by molar-refractivity contribution is 9.10. The summed E-state index contributed by atoms with van der Waals surface area (Å²) in [6, 6.07) is 3.93. The lowest BCUT2D eigenvalue weighted by Gasteiger charge is -2.43. The molecule has 2 aromatic rings. The van der Waals surface area contributed by atoms with E-state index < -0.39 is 28.0 Å². The number of hydrogen-bond acceptors (Lipinski definition) is 10. The molecule has 2 spiro atoms. The van der Waals surface area contributed by atoms with Crippen LogP contribution in [-0.4, -0.2) is 93.7 Å². The fraction of sp³-hybridized carbons (Fsp3) is 0.564. The number of nitrogens with one attached hydrogen (secondary N) is 2. The monoisotopic (exact) mass is 810 g/mol. The molecule has 6 rings (SSSR count). The number of carbonyl (C=O) groups excluding carboxylic acids is 5. The van der Waals surface area contributed by atoms with Gasteiger partial charge in [0.25, 0.3) is 0 Å². The van der Waals surface area contributed by atoms with Crippen molar-refractivity contribution < 1.29 is 38.2 Å². The second-order valence-corrected chi connectivity index (χ2v) is 17.2. The summed E-state index contributed by atoms with van der Waals surface area (Å²) in [5.74, 6) is 0.737. The van der Waals surface area contributed by atoms with Gasteiger partial charge < -0.3 is 34.6 Å². The molecule has 0 unspecified atom stereocenters. The molecule has 54 heavy (non-hydrogen) atoms. The number of amides is 4. The quantitative estimate of drug-likeness (QED) is 0.198. The Bertz CT molecular complexity index is 1800. The summed E-state index contributed by atoms with van der Waals surface area (Å²) in [5, 5.41) is 5.84. The van der Waals surface area contributed by atoms with Crippen LogP contribution in [0.3, 0.4) is 0 Å². The zero-order valence-electron chi connectivity index (χ0n) is 32.2. The first-order valence-corrected chi connectivity index (χ1v) is 19.2. The van der Waals surface area contributed by atoms with Crippen molar-refractivity contribution in [1.29, 1.82) is 0 Å². The Kier molecular flexibility index (Phi) is 12.1. The number of carbonyl (C=O) groups is 5. The molecular weight excluding hydrogens is 760 g/mol. The fourth-order valence-electron chi connectivity index (χ4n) is 7.02. The minimum absolute atomic E-state index is 0.00802. The normalized spacial score (nSPS) is 18.8. The Morgan fingerprint density at radius 3 is 1.67 bits per heavy atom. The molecule has 0 atom stereocenters. The molecule has 0 aliphatic carbocycles. The first kappa shape index (κ1) is 40.7. The van der Waals surface area contributed by atoms with Crippen molar-refractivity contribution in [3.8, 4) is 0 Å². The highest BCUT2D eigenvalue weighted by Crippen LogP contribution is 2.43. The molecule has 0 aromatic carbocycles. The number of ether oxygens (including phenoxy) is 3. The van der Waals surface area contributed by atoms with Gasteiger partial charge >= 0.3 is 18.2 Å². The number of hydrogen-bond donors (Lipinski definition) is 2. The smallest absolute Gasteiger partial charge is 0.410 e. The second kappa shape index (κ2) is 16.1. The zero-order chi connectivity index (χ0) is 39.5. The Hall–Kier alpha value is -4.53. The standard InChI is InChI=1S/C22H29N3O5.C17H22BrN3O3/c1-5-29-17(26)7-6-15-12-16-13-22(19(27)24-18(16)23-14-15)8-10-25(11-9-22)20(28)30-21(2,3)4;1-16(2,3)24-15(23)21-6-4-17(5-7-21)9-11-8-12(18)10-19-13(11)20-14(17)22/h6-7,12,14H,5,8-11,13H2,1-4H3,(H,23,24,27);8,10H,4-7,9H2,1-3H3,(H,19,20,22)/b7-6+;. The average molecular weight is 812 g/mol. The minimum Gasteiger partial charge on any atom is -0.463 e. The average Bonchev–Trinajstić information content (AvgIpc) is 3.08. The summed E-state index contributed by atoms with van der Waals surface area (Å²) < 4.78 is 16.7. The summed E-state index contributed by atoms with van der Waals surface area (Å²) in [7, 11) is 0. The van der Waals surface area contributed by atoms with Crippen molar-refractivity contribution in [1.82, 2.24) is 19.8 Å². The summed E-state index contributed by atoms with van der Waals surface area (Å²) in [4.78, 5) is 73.5. The highest BCUT2D eigenvalue weighted by atomic mass is 79.9. The molecule has 2 aromatic heterocycles. The van der Waals surface area contributed by atoms with E-state index in [1.165, 1.54) is 6.08 Å². The summed E-state index contributed by atoms with van der Waals surface area (Å²) in [6.45, 7) is 15.1. The first-order valence-electron chi connectivity index (χ1n) is 18.4. The number of esters is 1. The number of nitrogens with zero attached hydrogens (tertiary/aromatic N) is 4. The molecule has 4 aliphatic heterocycles. The van der Waals surface area contributed by atoms with E-state index in [0.29, 0.717) is 82.9 Å². The van der Waals surface area contributed by atoms with Crippen LogP contribution in [0.25, 0.3) is 6.08 Å². The molecule has 292 valence electrons. The number of pyridine rings is 2. The lowest BCUT2D eigenvalue weighted by atomic mass is 9.71. The van der Waals surface area contributed by atoms with Crippen LogP contribution in [0, 0.1) is 10.8 Å². The number of likely N-dealkylation sites (tertiary alicyclic amines) is 2. The van der Waals surface area contributed by atoms with Crippen molar-refractivity contribution >= 4 is 63.6 Å². The van der Waals surface area contributed by atoms with E-state index in [-0.39, 0.29) is 24.0 Å². The van der Waals surface area contributed by atoms with Crippen LogP contribution >= 0.6 is 15.9 Å². The fourth-order valence-corrected chi connectivity index (χ4v) is 7.39. The largest absolute Gasteiger partial charge is 0.463 e. The SMILES string of the molecule is CC(C)(C)OC(=O)N1CCC2(CC1)Cc1cc(Br)cnc1NC2=O.CCOC(=O)/C=C/c1cnc2c(c1)CC1(CCN(C(=O)OC(C)(C)C)CC1)C(=O)N2. The van der Waals surface area contributed by atoms with Crippen LogP contribution in [0.2, 0.25) is 0 Å². The van der Waals surface area contributed by atoms with Crippen LogP contribution < -0.4 is 10.6 Å². The lowest BCUT2D eigenvalue weighted by Crippen LogP contribution is -2.51. The maximum atomic E-state index is 12.9. The molecule has 2 N–H and O–H groups in total. The minimum atomic E-state index is -0.573. The molecule has 4 amide bonds.